The van der Waals surface area contributed by atoms with Crippen LogP contribution in [-0.2, 0) is 0 Å². The van der Waals surface area contributed by atoms with Crippen LogP contribution in [0.3, 0.4) is 0 Å². The second-order valence-corrected chi connectivity index (χ2v) is 3.70. The SMILES string of the molecule is CC(CN)C(C)N1CCCC1. The van der Waals surface area contributed by atoms with Gasteiger partial charge in [0.05, 0.1) is 0 Å². The largest absolute Gasteiger partial charge is 0.330 e. The normalized spacial score (nSPS) is 25.4. The summed E-state index contributed by atoms with van der Waals surface area (Å²) >= 11 is 0. The van der Waals surface area contributed by atoms with E-state index in [0.717, 1.165) is 6.54 Å². The molecule has 1 aliphatic rings. The van der Waals surface area contributed by atoms with Crippen LogP contribution in [0.25, 0.3) is 0 Å². The molecule has 0 spiro atoms. The van der Waals surface area contributed by atoms with Crippen molar-refractivity contribution < 1.29 is 0 Å². The molecular formula is C9H20N2. The van der Waals surface area contributed by atoms with Gasteiger partial charge in [-0.3, -0.25) is 0 Å². The highest BCUT2D eigenvalue weighted by atomic mass is 15.2. The van der Waals surface area contributed by atoms with Crippen molar-refractivity contribution >= 4 is 0 Å². The van der Waals surface area contributed by atoms with Gasteiger partial charge < -0.3 is 10.6 Å². The minimum Gasteiger partial charge on any atom is -0.330 e. The molecule has 0 saturated carbocycles. The first kappa shape index (κ1) is 9.01. The Morgan fingerprint density at radius 2 is 1.82 bits per heavy atom. The molecule has 1 aliphatic heterocycles. The van der Waals surface area contributed by atoms with Gasteiger partial charge in [-0.2, -0.15) is 0 Å². The molecule has 0 aromatic heterocycles. The molecule has 66 valence electrons. The summed E-state index contributed by atoms with van der Waals surface area (Å²) in [6.07, 6.45) is 2.75. The molecular weight excluding hydrogens is 136 g/mol. The number of nitrogens with two attached hydrogens (primary N) is 1. The Kier molecular flexibility index (Phi) is 3.34. The maximum Gasteiger partial charge on any atom is 0.0105 e. The highest BCUT2D eigenvalue weighted by molar-refractivity contribution is 4.77. The first-order chi connectivity index (χ1) is 5.25. The number of nitrogens with zero attached hydrogens (tertiary/aromatic N) is 1. The third-order valence-electron chi connectivity index (χ3n) is 2.91. The van der Waals surface area contributed by atoms with Crippen molar-refractivity contribution in [1.29, 1.82) is 0 Å². The Morgan fingerprint density at radius 1 is 1.27 bits per heavy atom. The third kappa shape index (κ3) is 2.17. The molecule has 0 aromatic carbocycles. The average Bonchev–Trinajstić information content (AvgIpc) is 2.53. The summed E-state index contributed by atoms with van der Waals surface area (Å²) in [5.74, 6) is 0.646. The van der Waals surface area contributed by atoms with Gasteiger partial charge in [0.25, 0.3) is 0 Å². The van der Waals surface area contributed by atoms with Crippen molar-refractivity contribution in [1.82, 2.24) is 4.90 Å². The monoisotopic (exact) mass is 156 g/mol. The van der Waals surface area contributed by atoms with Gasteiger partial charge in [0, 0.05) is 6.04 Å². The van der Waals surface area contributed by atoms with Crippen molar-refractivity contribution in [3.8, 4) is 0 Å². The lowest BCUT2D eigenvalue weighted by Gasteiger charge is -2.28. The van der Waals surface area contributed by atoms with E-state index in [1.807, 2.05) is 0 Å². The van der Waals surface area contributed by atoms with Gasteiger partial charge in [0.15, 0.2) is 0 Å². The Labute approximate surface area is 69.8 Å². The van der Waals surface area contributed by atoms with E-state index in [1.165, 1.54) is 25.9 Å². The topological polar surface area (TPSA) is 29.3 Å². The molecule has 0 radical (unpaired) electrons. The minimum atomic E-state index is 0.646. The van der Waals surface area contributed by atoms with Crippen LogP contribution in [0.15, 0.2) is 0 Å². The zero-order valence-electron chi connectivity index (χ0n) is 7.71. The second-order valence-electron chi connectivity index (χ2n) is 3.70. The fraction of sp³-hybridized carbons (Fsp3) is 1.00. The molecule has 1 fully saturated rings. The summed E-state index contributed by atoms with van der Waals surface area (Å²) in [7, 11) is 0. The van der Waals surface area contributed by atoms with E-state index >= 15 is 0 Å². The smallest absolute Gasteiger partial charge is 0.0105 e. The molecule has 0 amide bonds. The van der Waals surface area contributed by atoms with Crippen LogP contribution >= 0.6 is 0 Å². The highest BCUT2D eigenvalue weighted by Crippen LogP contribution is 2.16. The lowest BCUT2D eigenvalue weighted by molar-refractivity contribution is 0.202. The van der Waals surface area contributed by atoms with Crippen molar-refractivity contribution in [3.05, 3.63) is 0 Å². The van der Waals surface area contributed by atoms with Crippen LogP contribution in [-0.4, -0.2) is 30.6 Å². The van der Waals surface area contributed by atoms with Crippen LogP contribution in [0.5, 0.6) is 0 Å². The molecule has 2 atom stereocenters. The standard InChI is InChI=1S/C9H20N2/c1-8(7-10)9(2)11-5-3-4-6-11/h8-9H,3-7,10H2,1-2H3. The van der Waals surface area contributed by atoms with Crippen LogP contribution in [0, 0.1) is 5.92 Å². The first-order valence-electron chi connectivity index (χ1n) is 4.70. The average molecular weight is 156 g/mol. The van der Waals surface area contributed by atoms with Crippen molar-refractivity contribution in [2.75, 3.05) is 19.6 Å². The maximum atomic E-state index is 5.61. The van der Waals surface area contributed by atoms with Gasteiger partial charge >= 0.3 is 0 Å². The molecule has 0 aromatic rings. The molecule has 2 N–H and O–H groups in total. The van der Waals surface area contributed by atoms with Gasteiger partial charge in [-0.1, -0.05) is 6.92 Å². The fourth-order valence-corrected chi connectivity index (χ4v) is 1.71. The zero-order chi connectivity index (χ0) is 8.27. The number of hydrogen-bond acceptors (Lipinski definition) is 2. The molecule has 1 rings (SSSR count). The van der Waals surface area contributed by atoms with Gasteiger partial charge in [-0.05, 0) is 45.3 Å². The minimum absolute atomic E-state index is 0.646. The summed E-state index contributed by atoms with van der Waals surface area (Å²) in [5.41, 5.74) is 5.61. The molecule has 2 heteroatoms. The number of hydrogen-bond donors (Lipinski definition) is 1. The van der Waals surface area contributed by atoms with E-state index in [-0.39, 0.29) is 0 Å². The summed E-state index contributed by atoms with van der Waals surface area (Å²) in [6, 6.07) is 0.683. The van der Waals surface area contributed by atoms with E-state index in [0.29, 0.717) is 12.0 Å². The second kappa shape index (κ2) is 4.07. The van der Waals surface area contributed by atoms with Gasteiger partial charge in [-0.15, -0.1) is 0 Å². The summed E-state index contributed by atoms with van der Waals surface area (Å²) in [6.45, 7) is 7.92. The zero-order valence-corrected chi connectivity index (χ0v) is 7.71. The fourth-order valence-electron chi connectivity index (χ4n) is 1.71. The van der Waals surface area contributed by atoms with Crippen LogP contribution < -0.4 is 5.73 Å². The summed E-state index contributed by atoms with van der Waals surface area (Å²) in [4.78, 5) is 2.55. The Hall–Kier alpha value is -0.0800. The Bertz CT molecular complexity index is 108. The first-order valence-corrected chi connectivity index (χ1v) is 4.70. The lowest BCUT2D eigenvalue weighted by Crippen LogP contribution is -2.38. The van der Waals surface area contributed by atoms with Crippen LogP contribution in [0.2, 0.25) is 0 Å². The molecule has 11 heavy (non-hydrogen) atoms. The van der Waals surface area contributed by atoms with Crippen LogP contribution in [0.4, 0.5) is 0 Å². The molecule has 0 bridgehead atoms. The van der Waals surface area contributed by atoms with Crippen molar-refractivity contribution in [3.63, 3.8) is 0 Å². The van der Waals surface area contributed by atoms with Crippen LogP contribution in [0.1, 0.15) is 26.7 Å². The molecule has 2 nitrogen and oxygen atoms in total. The van der Waals surface area contributed by atoms with Gasteiger partial charge in [0.2, 0.25) is 0 Å². The van der Waals surface area contributed by atoms with E-state index in [4.69, 9.17) is 5.73 Å². The quantitative estimate of drug-likeness (QED) is 0.662. The van der Waals surface area contributed by atoms with Gasteiger partial charge in [-0.25, -0.2) is 0 Å². The predicted octanol–water partition coefficient (Wildman–Crippen LogP) is 1.07. The molecule has 1 saturated heterocycles. The Morgan fingerprint density at radius 3 is 2.27 bits per heavy atom. The molecule has 0 aliphatic carbocycles. The van der Waals surface area contributed by atoms with E-state index in [1.54, 1.807) is 0 Å². The van der Waals surface area contributed by atoms with Crippen molar-refractivity contribution in [2.45, 2.75) is 32.7 Å². The number of rotatable bonds is 3. The highest BCUT2D eigenvalue weighted by Gasteiger charge is 2.21. The van der Waals surface area contributed by atoms with Crippen molar-refractivity contribution in [2.24, 2.45) is 11.7 Å². The van der Waals surface area contributed by atoms with E-state index in [9.17, 15) is 0 Å². The summed E-state index contributed by atoms with van der Waals surface area (Å²) < 4.78 is 0. The van der Waals surface area contributed by atoms with E-state index in [2.05, 4.69) is 18.7 Å². The lowest BCUT2D eigenvalue weighted by atomic mass is 10.0. The predicted molar refractivity (Wildman–Crippen MR) is 48.5 cm³/mol. The molecule has 2 unspecified atom stereocenters. The van der Waals surface area contributed by atoms with E-state index < -0.39 is 0 Å². The molecule has 1 heterocycles. The maximum absolute atomic E-state index is 5.61. The third-order valence-corrected chi connectivity index (χ3v) is 2.91. The Balaban J connectivity index is 2.32. The summed E-state index contributed by atoms with van der Waals surface area (Å²) in [5, 5.41) is 0. The van der Waals surface area contributed by atoms with Gasteiger partial charge in [0.1, 0.15) is 0 Å². The number of likely N-dealkylation sites (tertiary alicyclic amines) is 1.